The summed E-state index contributed by atoms with van der Waals surface area (Å²) in [5.41, 5.74) is 4.02. The summed E-state index contributed by atoms with van der Waals surface area (Å²) in [5, 5.41) is 10.7. The number of aromatic nitrogens is 2. The fourth-order valence-corrected chi connectivity index (χ4v) is 3.67. The van der Waals surface area contributed by atoms with Crippen LogP contribution in [0.1, 0.15) is 49.2 Å². The fourth-order valence-electron chi connectivity index (χ4n) is 3.67. The first kappa shape index (κ1) is 19.5. The van der Waals surface area contributed by atoms with Crippen LogP contribution < -0.4 is 5.32 Å². The highest BCUT2D eigenvalue weighted by Crippen LogP contribution is 2.16. The summed E-state index contributed by atoms with van der Waals surface area (Å²) in [6.45, 7) is 9.18. The van der Waals surface area contributed by atoms with E-state index in [4.69, 9.17) is 0 Å². The van der Waals surface area contributed by atoms with Crippen molar-refractivity contribution in [3.63, 3.8) is 0 Å². The van der Waals surface area contributed by atoms with Crippen LogP contribution in [-0.2, 0) is 24.2 Å². The van der Waals surface area contributed by atoms with Gasteiger partial charge in [-0.05, 0) is 49.8 Å². The molecule has 1 aromatic carbocycles. The average molecular weight is 370 g/mol. The van der Waals surface area contributed by atoms with Crippen molar-refractivity contribution in [1.29, 1.82) is 0 Å². The van der Waals surface area contributed by atoms with Gasteiger partial charge in [0.2, 0.25) is 5.91 Å². The molecule has 0 unspecified atom stereocenters. The summed E-state index contributed by atoms with van der Waals surface area (Å²) in [7, 11) is 0. The van der Waals surface area contributed by atoms with E-state index in [2.05, 4.69) is 63.3 Å². The van der Waals surface area contributed by atoms with Crippen molar-refractivity contribution < 1.29 is 9.42 Å². The first-order valence-electron chi connectivity index (χ1n) is 9.87. The number of aryl methyl sites for hydroxylation is 1. The predicted octanol–water partition coefficient (Wildman–Crippen LogP) is 2.90. The third-order valence-electron chi connectivity index (χ3n) is 5.02. The van der Waals surface area contributed by atoms with Crippen molar-refractivity contribution >= 4 is 5.91 Å². The number of carbonyl (C=O) groups excluding carboxylic acids is 1. The van der Waals surface area contributed by atoms with E-state index in [1.165, 1.54) is 11.1 Å². The lowest BCUT2D eigenvalue weighted by molar-refractivity contribution is -0.121. The van der Waals surface area contributed by atoms with Crippen LogP contribution in [0.4, 0.5) is 0 Å². The van der Waals surface area contributed by atoms with Crippen LogP contribution in [0.15, 0.2) is 28.9 Å². The summed E-state index contributed by atoms with van der Waals surface area (Å²) in [4.78, 5) is 14.7. The van der Waals surface area contributed by atoms with E-state index < -0.39 is 0 Å². The highest BCUT2D eigenvalue weighted by Gasteiger charge is 2.22. The van der Waals surface area contributed by atoms with E-state index in [0.717, 1.165) is 38.9 Å². The van der Waals surface area contributed by atoms with E-state index >= 15 is 0 Å². The van der Waals surface area contributed by atoms with Crippen molar-refractivity contribution in [2.45, 2.75) is 59.0 Å². The van der Waals surface area contributed by atoms with Gasteiger partial charge in [0.15, 0.2) is 0 Å². The molecule has 3 rings (SSSR count). The lowest BCUT2D eigenvalue weighted by atomic mass is 10.0. The summed E-state index contributed by atoms with van der Waals surface area (Å²) >= 11 is 0. The number of rotatable bonds is 7. The van der Waals surface area contributed by atoms with Gasteiger partial charge >= 0.3 is 0 Å². The third kappa shape index (κ3) is 5.89. The molecule has 2 heterocycles. The second-order valence-electron chi connectivity index (χ2n) is 8.03. The summed E-state index contributed by atoms with van der Waals surface area (Å²) in [6.07, 6.45) is 3.47. The van der Waals surface area contributed by atoms with Gasteiger partial charge in [0.1, 0.15) is 11.4 Å². The van der Waals surface area contributed by atoms with Gasteiger partial charge < -0.3 is 5.32 Å². The molecule has 0 bridgehead atoms. The molecule has 1 aliphatic heterocycles. The highest BCUT2D eigenvalue weighted by atomic mass is 16.6. The molecule has 0 aliphatic carbocycles. The topological polar surface area (TPSA) is 71.3 Å². The van der Waals surface area contributed by atoms with E-state index in [9.17, 15) is 4.79 Å². The molecule has 2 aromatic rings. The normalized spacial score (nSPS) is 18.0. The number of nitrogens with one attached hydrogen (secondary N) is 1. The zero-order valence-corrected chi connectivity index (χ0v) is 16.6. The minimum Gasteiger partial charge on any atom is -0.352 e. The van der Waals surface area contributed by atoms with Crippen molar-refractivity contribution in [3.8, 4) is 0 Å². The van der Waals surface area contributed by atoms with Gasteiger partial charge in [-0.3, -0.25) is 9.69 Å². The van der Waals surface area contributed by atoms with Crippen LogP contribution in [0.3, 0.4) is 0 Å². The van der Waals surface area contributed by atoms with Crippen molar-refractivity contribution in [3.05, 3.63) is 46.8 Å². The van der Waals surface area contributed by atoms with Crippen LogP contribution in [0, 0.1) is 12.8 Å². The fraction of sp³-hybridized carbons (Fsp3) is 0.571. The monoisotopic (exact) mass is 370 g/mol. The second-order valence-corrected chi connectivity index (χ2v) is 8.03. The molecule has 1 aliphatic rings. The molecule has 6 heteroatoms. The summed E-state index contributed by atoms with van der Waals surface area (Å²) in [5.74, 6) is 0.665. The number of nitrogens with zero attached hydrogens (tertiary/aromatic N) is 3. The lowest BCUT2D eigenvalue weighted by Gasteiger charge is -2.33. The first-order chi connectivity index (χ1) is 13.0. The van der Waals surface area contributed by atoms with Gasteiger partial charge in [0, 0.05) is 19.1 Å². The predicted molar refractivity (Wildman–Crippen MR) is 104 cm³/mol. The lowest BCUT2D eigenvalue weighted by Crippen LogP contribution is -2.47. The molecule has 1 N–H and O–H groups in total. The largest absolute Gasteiger partial charge is 0.352 e. The molecule has 1 aromatic heterocycles. The minimum absolute atomic E-state index is 0.0151. The zero-order valence-electron chi connectivity index (χ0n) is 16.6. The number of likely N-dealkylation sites (tertiary alicyclic amines) is 1. The Hall–Kier alpha value is -2.21. The number of piperidine rings is 1. The van der Waals surface area contributed by atoms with Crippen LogP contribution in [-0.4, -0.2) is 40.3 Å². The van der Waals surface area contributed by atoms with Crippen LogP contribution in [0.2, 0.25) is 0 Å². The molecule has 6 nitrogen and oxygen atoms in total. The molecule has 0 saturated carbocycles. The Balaban J connectivity index is 1.48. The van der Waals surface area contributed by atoms with Crippen molar-refractivity contribution in [2.75, 3.05) is 13.1 Å². The molecular weight excluding hydrogens is 340 g/mol. The van der Waals surface area contributed by atoms with Crippen molar-refractivity contribution in [2.24, 2.45) is 5.92 Å². The van der Waals surface area contributed by atoms with E-state index in [-0.39, 0.29) is 18.4 Å². The standard InChI is InChI=1S/C21H30N4O2/c1-15(2)11-17-6-8-18(9-7-17)13-25-10-4-5-19(14-25)22-21(26)12-20-16(3)23-27-24-20/h6-9,15,19H,4-5,10-14H2,1-3H3,(H,22,26)/t19-/m1/s1. The first-order valence-corrected chi connectivity index (χ1v) is 9.87. The molecule has 0 radical (unpaired) electrons. The second kappa shape index (κ2) is 9.13. The van der Waals surface area contributed by atoms with Crippen molar-refractivity contribution in [1.82, 2.24) is 20.5 Å². The van der Waals surface area contributed by atoms with Crippen LogP contribution >= 0.6 is 0 Å². The van der Waals surface area contributed by atoms with Crippen LogP contribution in [0.25, 0.3) is 0 Å². The van der Waals surface area contributed by atoms with Gasteiger partial charge in [-0.15, -0.1) is 0 Å². The molecule has 1 saturated heterocycles. The third-order valence-corrected chi connectivity index (χ3v) is 5.02. The maximum Gasteiger partial charge on any atom is 0.226 e. The number of hydrogen-bond donors (Lipinski definition) is 1. The Bertz CT molecular complexity index is 739. The molecule has 1 atom stereocenters. The molecule has 146 valence electrons. The van der Waals surface area contributed by atoms with Gasteiger partial charge in [-0.1, -0.05) is 48.4 Å². The van der Waals surface area contributed by atoms with Gasteiger partial charge in [0.25, 0.3) is 0 Å². The summed E-state index contributed by atoms with van der Waals surface area (Å²) < 4.78 is 4.66. The smallest absolute Gasteiger partial charge is 0.226 e. The van der Waals surface area contributed by atoms with E-state index in [1.807, 2.05) is 0 Å². The van der Waals surface area contributed by atoms with Gasteiger partial charge in [0.05, 0.1) is 6.42 Å². The maximum atomic E-state index is 12.3. The highest BCUT2D eigenvalue weighted by molar-refractivity contribution is 5.78. The molecule has 27 heavy (non-hydrogen) atoms. The molecule has 1 fully saturated rings. The average Bonchev–Trinajstić information content (AvgIpc) is 3.01. The Morgan fingerprint density at radius 1 is 1.26 bits per heavy atom. The Morgan fingerprint density at radius 3 is 2.67 bits per heavy atom. The molecule has 1 amide bonds. The number of benzene rings is 1. The Morgan fingerprint density at radius 2 is 2.00 bits per heavy atom. The molecular formula is C21H30N4O2. The number of carbonyl (C=O) groups is 1. The molecule has 0 spiro atoms. The van der Waals surface area contributed by atoms with E-state index in [0.29, 0.717) is 17.3 Å². The quantitative estimate of drug-likeness (QED) is 0.811. The number of hydrogen-bond acceptors (Lipinski definition) is 5. The van der Waals surface area contributed by atoms with Gasteiger partial charge in [-0.25, -0.2) is 4.63 Å². The minimum atomic E-state index is -0.0151. The SMILES string of the molecule is Cc1nonc1CC(=O)N[C@@H]1CCCN(Cc2ccc(CC(C)C)cc2)C1. The van der Waals surface area contributed by atoms with Gasteiger partial charge in [-0.2, -0.15) is 0 Å². The number of amides is 1. The Labute approximate surface area is 161 Å². The van der Waals surface area contributed by atoms with E-state index in [1.54, 1.807) is 6.92 Å². The Kier molecular flexibility index (Phi) is 6.61. The van der Waals surface area contributed by atoms with Crippen LogP contribution in [0.5, 0.6) is 0 Å². The maximum absolute atomic E-state index is 12.3. The summed E-state index contributed by atoms with van der Waals surface area (Å²) in [6, 6.07) is 9.15. The zero-order chi connectivity index (χ0) is 19.2.